The predicted octanol–water partition coefficient (Wildman–Crippen LogP) is -0.0379. The molecule has 2 atom stereocenters. The van der Waals surface area contributed by atoms with E-state index in [1.165, 1.54) is 0 Å². The van der Waals surface area contributed by atoms with Crippen molar-refractivity contribution < 1.29 is 18.8 Å². The predicted molar refractivity (Wildman–Crippen MR) is 47.5 cm³/mol. The van der Waals surface area contributed by atoms with Crippen LogP contribution in [0.2, 0.25) is 0 Å². The highest BCUT2D eigenvalue weighted by Crippen LogP contribution is 2.31. The van der Waals surface area contributed by atoms with Gasteiger partial charge in [-0.1, -0.05) is 13.8 Å². The Morgan fingerprint density at radius 3 is 2.38 bits per heavy atom. The Morgan fingerprint density at radius 2 is 2.08 bits per heavy atom. The van der Waals surface area contributed by atoms with Gasteiger partial charge >= 0.3 is 13.7 Å². The monoisotopic (exact) mass is 210 g/mol. The molecule has 0 fully saturated rings. The number of hydrogen-bond acceptors (Lipinski definition) is 4. The smallest absolute Gasteiger partial charge is 0.379 e. The standard InChI is InChI=1S/C6H15N2O4P/c1-4(2)3-5(7)6(9)12-13(8,10)11/h4-5H,3,7H2,1-2H3,(H3,8,10,11)/t5-/m0/s1. The van der Waals surface area contributed by atoms with Crippen molar-refractivity contribution in [1.29, 1.82) is 0 Å². The van der Waals surface area contributed by atoms with E-state index in [0.29, 0.717) is 6.42 Å². The Balaban J connectivity index is 4.05. The Labute approximate surface area is 76.8 Å². The van der Waals surface area contributed by atoms with Crippen LogP contribution in [0.5, 0.6) is 0 Å². The first-order valence-electron chi connectivity index (χ1n) is 3.82. The Hall–Kier alpha value is -0.420. The number of carbonyl (C=O) groups excluding carboxylic acids is 1. The maximum Gasteiger partial charge on any atom is 0.455 e. The van der Waals surface area contributed by atoms with Crippen molar-refractivity contribution in [2.24, 2.45) is 17.2 Å². The molecule has 0 spiro atoms. The number of hydrogen-bond donors (Lipinski definition) is 3. The zero-order valence-corrected chi connectivity index (χ0v) is 8.53. The molecule has 0 aromatic carbocycles. The van der Waals surface area contributed by atoms with Gasteiger partial charge in [0.15, 0.2) is 0 Å². The van der Waals surface area contributed by atoms with Crippen LogP contribution in [0.25, 0.3) is 0 Å². The van der Waals surface area contributed by atoms with Gasteiger partial charge in [-0.3, -0.25) is 0 Å². The molecule has 0 aliphatic heterocycles. The van der Waals surface area contributed by atoms with Crippen LogP contribution in [-0.2, 0) is 13.9 Å². The first-order valence-corrected chi connectivity index (χ1v) is 5.47. The van der Waals surface area contributed by atoms with Crippen molar-refractivity contribution in [3.63, 3.8) is 0 Å². The number of nitrogens with two attached hydrogens (primary N) is 2. The van der Waals surface area contributed by atoms with Crippen molar-refractivity contribution in [2.45, 2.75) is 26.3 Å². The molecule has 0 aliphatic carbocycles. The van der Waals surface area contributed by atoms with E-state index in [1.807, 2.05) is 13.8 Å². The highest BCUT2D eigenvalue weighted by molar-refractivity contribution is 7.50. The maximum atomic E-state index is 10.9. The summed E-state index contributed by atoms with van der Waals surface area (Å²) in [6.45, 7) is 3.74. The van der Waals surface area contributed by atoms with Crippen molar-refractivity contribution in [2.75, 3.05) is 0 Å². The summed E-state index contributed by atoms with van der Waals surface area (Å²) in [5, 5.41) is 0. The van der Waals surface area contributed by atoms with Gasteiger partial charge in [0.25, 0.3) is 0 Å². The molecule has 1 unspecified atom stereocenters. The SMILES string of the molecule is CC(C)C[C@H](N)C(=O)OP(N)(=O)O. The molecule has 78 valence electrons. The summed E-state index contributed by atoms with van der Waals surface area (Å²) in [5.41, 5.74) is 9.98. The van der Waals surface area contributed by atoms with Crippen LogP contribution in [-0.4, -0.2) is 16.9 Å². The third-order valence-corrected chi connectivity index (χ3v) is 1.69. The van der Waals surface area contributed by atoms with Crippen LogP contribution >= 0.6 is 7.75 Å². The molecule has 0 amide bonds. The van der Waals surface area contributed by atoms with Gasteiger partial charge < -0.3 is 15.2 Å². The van der Waals surface area contributed by atoms with E-state index in [9.17, 15) is 9.36 Å². The van der Waals surface area contributed by atoms with Gasteiger partial charge in [0.1, 0.15) is 6.04 Å². The molecule has 7 heteroatoms. The molecular weight excluding hydrogens is 195 g/mol. The van der Waals surface area contributed by atoms with Crippen molar-refractivity contribution in [1.82, 2.24) is 0 Å². The molecule has 0 radical (unpaired) electrons. The van der Waals surface area contributed by atoms with E-state index in [1.54, 1.807) is 0 Å². The van der Waals surface area contributed by atoms with E-state index in [0.717, 1.165) is 0 Å². The second-order valence-corrected chi connectivity index (χ2v) is 4.52. The fraction of sp³-hybridized carbons (Fsp3) is 0.833. The van der Waals surface area contributed by atoms with Gasteiger partial charge in [0.05, 0.1) is 0 Å². The Morgan fingerprint density at radius 1 is 1.62 bits per heavy atom. The lowest BCUT2D eigenvalue weighted by atomic mass is 10.1. The molecule has 0 aromatic rings. The second-order valence-electron chi connectivity index (χ2n) is 3.21. The molecule has 0 rings (SSSR count). The quantitative estimate of drug-likeness (QED) is 0.561. The van der Waals surface area contributed by atoms with Crippen molar-refractivity contribution >= 4 is 13.7 Å². The summed E-state index contributed by atoms with van der Waals surface area (Å²) in [6, 6.07) is -0.899. The minimum absolute atomic E-state index is 0.207. The zero-order chi connectivity index (χ0) is 10.6. The third kappa shape index (κ3) is 6.72. The maximum absolute atomic E-state index is 10.9. The zero-order valence-electron chi connectivity index (χ0n) is 7.64. The summed E-state index contributed by atoms with van der Waals surface area (Å²) in [7, 11) is -4.25. The van der Waals surface area contributed by atoms with Crippen molar-refractivity contribution in [3.05, 3.63) is 0 Å². The van der Waals surface area contributed by atoms with Crippen LogP contribution < -0.4 is 11.2 Å². The molecule has 0 heterocycles. The number of rotatable bonds is 4. The Kier molecular flexibility index (Phi) is 4.56. The fourth-order valence-electron chi connectivity index (χ4n) is 0.801. The van der Waals surface area contributed by atoms with E-state index in [2.05, 4.69) is 10.0 Å². The summed E-state index contributed by atoms with van der Waals surface area (Å²) in [5.74, 6) is -0.736. The second kappa shape index (κ2) is 4.72. The summed E-state index contributed by atoms with van der Waals surface area (Å²) >= 11 is 0. The fourth-order valence-corrected chi connectivity index (χ4v) is 1.19. The first-order chi connectivity index (χ1) is 5.72. The van der Waals surface area contributed by atoms with E-state index in [-0.39, 0.29) is 5.92 Å². The van der Waals surface area contributed by atoms with Gasteiger partial charge in [0.2, 0.25) is 0 Å². The average Bonchev–Trinajstić information content (AvgIpc) is 1.81. The largest absolute Gasteiger partial charge is 0.455 e. The van der Waals surface area contributed by atoms with Gasteiger partial charge in [-0.15, -0.1) is 0 Å². The average molecular weight is 210 g/mol. The lowest BCUT2D eigenvalue weighted by Gasteiger charge is -2.13. The molecule has 13 heavy (non-hydrogen) atoms. The van der Waals surface area contributed by atoms with E-state index >= 15 is 0 Å². The minimum Gasteiger partial charge on any atom is -0.379 e. The van der Waals surface area contributed by atoms with Crippen LogP contribution in [0.4, 0.5) is 0 Å². The van der Waals surface area contributed by atoms with Crippen LogP contribution in [0.15, 0.2) is 0 Å². The van der Waals surface area contributed by atoms with E-state index < -0.39 is 19.8 Å². The van der Waals surface area contributed by atoms with Gasteiger partial charge in [-0.25, -0.2) is 14.9 Å². The van der Waals surface area contributed by atoms with Crippen LogP contribution in [0.1, 0.15) is 20.3 Å². The molecule has 5 N–H and O–H groups in total. The van der Waals surface area contributed by atoms with E-state index in [4.69, 9.17) is 10.6 Å². The van der Waals surface area contributed by atoms with Gasteiger partial charge in [-0.2, -0.15) is 0 Å². The van der Waals surface area contributed by atoms with Crippen LogP contribution in [0, 0.1) is 5.92 Å². The van der Waals surface area contributed by atoms with Gasteiger partial charge in [0, 0.05) is 0 Å². The summed E-state index contributed by atoms with van der Waals surface area (Å²) < 4.78 is 14.5. The topological polar surface area (TPSA) is 116 Å². The highest BCUT2D eigenvalue weighted by Gasteiger charge is 2.23. The molecule has 6 nitrogen and oxygen atoms in total. The summed E-state index contributed by atoms with van der Waals surface area (Å²) in [6.07, 6.45) is 0.388. The molecule has 0 saturated heterocycles. The highest BCUT2D eigenvalue weighted by atomic mass is 31.2. The van der Waals surface area contributed by atoms with Crippen LogP contribution in [0.3, 0.4) is 0 Å². The molecule has 0 aromatic heterocycles. The third-order valence-electron chi connectivity index (χ3n) is 1.25. The van der Waals surface area contributed by atoms with Crippen molar-refractivity contribution in [3.8, 4) is 0 Å². The molecular formula is C6H15N2O4P. The molecule has 0 bridgehead atoms. The Bertz CT molecular complexity index is 225. The lowest BCUT2D eigenvalue weighted by Crippen LogP contribution is -2.33. The minimum atomic E-state index is -4.25. The molecule has 0 aliphatic rings. The lowest BCUT2D eigenvalue weighted by molar-refractivity contribution is -0.136. The van der Waals surface area contributed by atoms with Gasteiger partial charge in [-0.05, 0) is 12.3 Å². The first kappa shape index (κ1) is 12.6. The molecule has 0 saturated carbocycles. The number of carbonyl (C=O) groups is 1. The normalized spacial score (nSPS) is 18.0. The summed E-state index contributed by atoms with van der Waals surface area (Å²) in [4.78, 5) is 19.4.